The summed E-state index contributed by atoms with van der Waals surface area (Å²) in [5.74, 6) is 0. The summed E-state index contributed by atoms with van der Waals surface area (Å²) in [6.45, 7) is 30.2. The first-order valence-corrected chi connectivity index (χ1v) is 46.3. The average molecular weight is 1640 g/mol. The highest BCUT2D eigenvalue weighted by Gasteiger charge is 2.22. The number of hydrogen-bond donors (Lipinski definition) is 0. The molecule has 0 aromatic heterocycles. The lowest BCUT2D eigenvalue weighted by Crippen LogP contribution is -2.10. The van der Waals surface area contributed by atoms with Gasteiger partial charge in [0.1, 0.15) is 0 Å². The lowest BCUT2D eigenvalue weighted by Gasteiger charge is -2.28. The maximum atomic E-state index is 3.66. The van der Waals surface area contributed by atoms with Gasteiger partial charge in [0.05, 0.1) is 0 Å². The van der Waals surface area contributed by atoms with E-state index in [4.69, 9.17) is 0 Å². The molecule has 0 fully saturated rings. The highest BCUT2D eigenvalue weighted by atomic mass is 15.1. The lowest BCUT2D eigenvalue weighted by molar-refractivity contribution is 0.664. The van der Waals surface area contributed by atoms with Crippen LogP contribution in [0.1, 0.15) is 164 Å². The number of anilines is 6. The highest BCUT2D eigenvalue weighted by molar-refractivity contribution is 5.88. The Hall–Kier alpha value is -13.1. The summed E-state index contributed by atoms with van der Waals surface area (Å²) in [5, 5.41) is 0. The first kappa shape index (κ1) is 89.1. The molecule has 0 radical (unpaired) electrons. The third-order valence-corrected chi connectivity index (χ3v) is 24.8. The number of nitrogens with zero attached hydrogens (tertiary/aromatic N) is 2. The molecule has 0 amide bonds. The van der Waals surface area contributed by atoms with Crippen LogP contribution in [0.3, 0.4) is 0 Å². The SMILES string of the molecule is C=Cc1ccc(C)cc1.CCCCCCc1cc(-c2ccc(N(c3ccc(-c4ccc(C)cc4)cc3)c3ccc(-c4ccc(CCC)cc4)cc3)cc2C)c(CCCCCC)cc1-c1ccc(N(c2ccc(-c3ccc(C)cc3)cc2)c2ccc(-c3ccc(CCC)cc3)cc2)cc1C.Cc1ccc(-c2cc(-c3ccc(C)cc3)cc(-c3ccc(C)cc3)c2)cc1. The molecular weight excluding hydrogens is 1520 g/mol. The Morgan fingerprint density at radius 3 is 0.667 bits per heavy atom. The fraction of sp³-hybridized carbons (Fsp3) is 0.210. The van der Waals surface area contributed by atoms with E-state index >= 15 is 0 Å². The van der Waals surface area contributed by atoms with Crippen LogP contribution in [0, 0.1) is 55.4 Å². The molecule has 0 spiro atoms. The summed E-state index contributed by atoms with van der Waals surface area (Å²) in [6, 6.07) is 134. The number of aryl methyl sites for hydroxylation is 12. The van der Waals surface area contributed by atoms with Crippen molar-refractivity contribution < 1.29 is 0 Å². The van der Waals surface area contributed by atoms with Crippen molar-refractivity contribution in [1.82, 2.24) is 0 Å². The van der Waals surface area contributed by atoms with Crippen molar-refractivity contribution in [3.8, 4) is 100 Å². The number of benzene rings is 16. The summed E-state index contributed by atoms with van der Waals surface area (Å²) < 4.78 is 0. The minimum Gasteiger partial charge on any atom is -0.310 e. The zero-order valence-electron chi connectivity index (χ0n) is 76.6. The molecule has 0 aliphatic carbocycles. The largest absolute Gasteiger partial charge is 0.310 e. The Morgan fingerprint density at radius 2 is 0.429 bits per heavy atom. The molecule has 0 heterocycles. The summed E-state index contributed by atoms with van der Waals surface area (Å²) >= 11 is 0. The number of hydrogen-bond acceptors (Lipinski definition) is 2. The lowest BCUT2D eigenvalue weighted by atomic mass is 9.84. The van der Waals surface area contributed by atoms with Gasteiger partial charge in [-0.3, -0.25) is 0 Å². The monoisotopic (exact) mass is 1640 g/mol. The van der Waals surface area contributed by atoms with E-state index in [-0.39, 0.29) is 0 Å². The summed E-state index contributed by atoms with van der Waals surface area (Å²) in [4.78, 5) is 4.88. The molecule has 16 aromatic carbocycles. The molecule has 0 saturated carbocycles. The van der Waals surface area contributed by atoms with Crippen molar-refractivity contribution >= 4 is 40.2 Å². The van der Waals surface area contributed by atoms with Crippen molar-refractivity contribution in [3.05, 3.63) is 437 Å². The van der Waals surface area contributed by atoms with Crippen molar-refractivity contribution in [2.24, 2.45) is 0 Å². The van der Waals surface area contributed by atoms with Crippen molar-refractivity contribution in [2.75, 3.05) is 9.80 Å². The summed E-state index contributed by atoms with van der Waals surface area (Å²) in [7, 11) is 0. The molecular formula is C124H126N2. The van der Waals surface area contributed by atoms with Crippen LogP contribution in [0.25, 0.3) is 106 Å². The van der Waals surface area contributed by atoms with Crippen LogP contribution in [0.15, 0.2) is 364 Å². The van der Waals surface area contributed by atoms with Gasteiger partial charge in [0.2, 0.25) is 0 Å². The Morgan fingerprint density at radius 1 is 0.198 bits per heavy atom. The minimum atomic E-state index is 1.04. The Kier molecular flexibility index (Phi) is 30.7. The van der Waals surface area contributed by atoms with Gasteiger partial charge >= 0.3 is 0 Å². The third-order valence-electron chi connectivity index (χ3n) is 24.8. The molecule has 126 heavy (non-hydrogen) atoms. The van der Waals surface area contributed by atoms with Gasteiger partial charge in [-0.2, -0.15) is 0 Å². The van der Waals surface area contributed by atoms with Gasteiger partial charge in [-0.1, -0.05) is 392 Å². The van der Waals surface area contributed by atoms with Crippen LogP contribution in [0.2, 0.25) is 0 Å². The molecule has 0 saturated heterocycles. The molecule has 2 heteroatoms. The van der Waals surface area contributed by atoms with E-state index in [1.54, 1.807) is 0 Å². The van der Waals surface area contributed by atoms with Gasteiger partial charge in [0.25, 0.3) is 0 Å². The number of unbranched alkanes of at least 4 members (excludes halogenated alkanes) is 6. The molecule has 2 nitrogen and oxygen atoms in total. The molecule has 16 aromatic rings. The smallest absolute Gasteiger partial charge is 0.0464 e. The molecule has 632 valence electrons. The van der Waals surface area contributed by atoms with Crippen molar-refractivity contribution in [2.45, 2.75) is 173 Å². The fourth-order valence-electron chi connectivity index (χ4n) is 17.2. The molecule has 0 bridgehead atoms. The maximum Gasteiger partial charge on any atom is 0.0464 e. The first-order valence-electron chi connectivity index (χ1n) is 46.3. The van der Waals surface area contributed by atoms with Gasteiger partial charge in [0, 0.05) is 34.1 Å². The van der Waals surface area contributed by atoms with E-state index in [1.807, 2.05) is 6.08 Å². The Bertz CT molecular complexity index is 5750. The van der Waals surface area contributed by atoms with E-state index in [0.717, 1.165) is 85.5 Å². The molecule has 0 unspecified atom stereocenters. The first-order chi connectivity index (χ1) is 61.5. The maximum absolute atomic E-state index is 3.66. The van der Waals surface area contributed by atoms with Crippen LogP contribution in [0.5, 0.6) is 0 Å². The minimum absolute atomic E-state index is 1.04. The van der Waals surface area contributed by atoms with Crippen molar-refractivity contribution in [1.29, 1.82) is 0 Å². The van der Waals surface area contributed by atoms with Gasteiger partial charge in [-0.25, -0.2) is 0 Å². The van der Waals surface area contributed by atoms with Crippen LogP contribution in [-0.2, 0) is 25.7 Å². The van der Waals surface area contributed by atoms with Crippen LogP contribution >= 0.6 is 0 Å². The Labute approximate surface area is 754 Å². The molecule has 0 aliphatic heterocycles. The Balaban J connectivity index is 0.000000293. The quantitative estimate of drug-likeness (QED) is 0.0414. The van der Waals surface area contributed by atoms with Gasteiger partial charge in [0.15, 0.2) is 0 Å². The van der Waals surface area contributed by atoms with Crippen LogP contribution < -0.4 is 9.80 Å². The van der Waals surface area contributed by atoms with Crippen molar-refractivity contribution in [3.63, 3.8) is 0 Å². The topological polar surface area (TPSA) is 6.48 Å². The molecule has 0 aliphatic rings. The van der Waals surface area contributed by atoms with Crippen LogP contribution in [-0.4, -0.2) is 0 Å². The third kappa shape index (κ3) is 23.1. The van der Waals surface area contributed by atoms with E-state index < -0.39 is 0 Å². The number of rotatable bonds is 30. The summed E-state index contributed by atoms with van der Waals surface area (Å²) in [6.07, 6.45) is 18.1. The second kappa shape index (κ2) is 43.5. The van der Waals surface area contributed by atoms with E-state index in [0.29, 0.717) is 0 Å². The molecule has 16 rings (SSSR count). The van der Waals surface area contributed by atoms with Gasteiger partial charge < -0.3 is 9.80 Å². The zero-order chi connectivity index (χ0) is 87.8. The van der Waals surface area contributed by atoms with E-state index in [9.17, 15) is 0 Å². The average Bonchev–Trinajstić information content (AvgIpc) is 0.767. The predicted octanol–water partition coefficient (Wildman–Crippen LogP) is 36.3. The van der Waals surface area contributed by atoms with E-state index in [1.165, 1.54) is 211 Å². The second-order valence-electron chi connectivity index (χ2n) is 34.8. The highest BCUT2D eigenvalue weighted by Crippen LogP contribution is 2.45. The second-order valence-corrected chi connectivity index (χ2v) is 34.8. The molecule has 0 N–H and O–H groups in total. The summed E-state index contributed by atoms with van der Waals surface area (Å²) in [5.41, 5.74) is 46.6. The van der Waals surface area contributed by atoms with E-state index in [2.05, 4.69) is 457 Å². The molecule has 0 atom stereocenters. The van der Waals surface area contributed by atoms with Crippen LogP contribution in [0.4, 0.5) is 34.1 Å². The van der Waals surface area contributed by atoms with Gasteiger partial charge in [-0.15, -0.1) is 0 Å². The standard InChI is InChI=1S/C88H92N2.C27H24.C9H10/c1-9-13-15-17-21-77-61-88(86-58-56-84(60-66(86)8)90(80-49-41-74(42-50-80)70-33-25-64(6)26-34-70)82-53-45-76(46-54-82)72-37-29-68(20-12-4)30-38-72)78(22-18-16-14-10-2)62-87(77)85-57-55-83(59-65(85)7)89(79-47-39-73(40-48-79)69-31-23-63(5)24-32-69)81-51-43-75(44-52-81)71-35-27-67(19-11-3)28-36-71;1-19-4-10-22(11-5-19)25-16-26(23-12-6-20(2)7-13-23)18-27(17-25)24-14-8-21(3)9-15-24;1-3-9-6-4-8(2)5-7-9/h23-62H,9-22H2,1-8H3;4-18H,1-3H3;3-7H,1H2,2H3. The zero-order valence-corrected chi connectivity index (χ0v) is 76.6. The predicted molar refractivity (Wildman–Crippen MR) is 549 cm³/mol. The fourth-order valence-corrected chi connectivity index (χ4v) is 17.2. The normalized spacial score (nSPS) is 11.0. The van der Waals surface area contributed by atoms with Gasteiger partial charge in [-0.05, 0) is 324 Å².